The lowest BCUT2D eigenvalue weighted by Gasteiger charge is -2.03. The normalized spacial score (nSPS) is 9.79. The van der Waals surface area contributed by atoms with E-state index >= 15 is 0 Å². The maximum Gasteiger partial charge on any atom is 0.208 e. The van der Waals surface area contributed by atoms with E-state index in [2.05, 4.69) is 16.3 Å². The molecule has 1 heterocycles. The zero-order chi connectivity index (χ0) is 10.4. The molecule has 0 aliphatic heterocycles. The number of aromatic nitrogens is 2. The summed E-state index contributed by atoms with van der Waals surface area (Å²) < 4.78 is 0.978. The first-order valence-corrected chi connectivity index (χ1v) is 6.05. The largest absolute Gasteiger partial charge is 0.353 e. The fraction of sp³-hybridized carbons (Fsp3) is 0.625. The van der Waals surface area contributed by atoms with Crippen LogP contribution in [-0.4, -0.2) is 30.0 Å². The summed E-state index contributed by atoms with van der Waals surface area (Å²) in [6.45, 7) is 0. The van der Waals surface area contributed by atoms with Gasteiger partial charge in [-0.3, -0.25) is 0 Å². The van der Waals surface area contributed by atoms with Gasteiger partial charge in [0.2, 0.25) is 5.13 Å². The van der Waals surface area contributed by atoms with Gasteiger partial charge < -0.3 is 4.90 Å². The first-order chi connectivity index (χ1) is 6.74. The highest BCUT2D eigenvalue weighted by Gasteiger charge is 2.05. The van der Waals surface area contributed by atoms with Crippen LogP contribution in [0.15, 0.2) is 4.34 Å². The van der Waals surface area contributed by atoms with Crippen molar-refractivity contribution in [1.82, 2.24) is 10.2 Å². The van der Waals surface area contributed by atoms with Crippen LogP contribution in [0.4, 0.5) is 5.13 Å². The lowest BCUT2D eigenvalue weighted by molar-refractivity contribution is 0.959. The molecule has 0 radical (unpaired) electrons. The van der Waals surface area contributed by atoms with Gasteiger partial charge in [0.15, 0.2) is 4.34 Å². The Morgan fingerprint density at radius 3 is 2.86 bits per heavy atom. The van der Waals surface area contributed by atoms with E-state index in [1.54, 1.807) is 23.1 Å². The second-order valence-electron chi connectivity index (χ2n) is 2.86. The van der Waals surface area contributed by atoms with Gasteiger partial charge in [-0.15, -0.1) is 10.2 Å². The Balaban J connectivity index is 2.33. The van der Waals surface area contributed by atoms with Crippen molar-refractivity contribution in [2.45, 2.75) is 17.2 Å². The molecule has 1 aromatic heterocycles. The number of rotatable bonds is 5. The van der Waals surface area contributed by atoms with Gasteiger partial charge >= 0.3 is 0 Å². The highest BCUT2D eigenvalue weighted by Crippen LogP contribution is 2.27. The van der Waals surface area contributed by atoms with Gasteiger partial charge in [0.1, 0.15) is 0 Å². The van der Waals surface area contributed by atoms with Crippen LogP contribution in [0.25, 0.3) is 0 Å². The molecule has 0 fully saturated rings. The van der Waals surface area contributed by atoms with Crippen LogP contribution >= 0.6 is 23.1 Å². The first kappa shape index (κ1) is 11.3. The summed E-state index contributed by atoms with van der Waals surface area (Å²) in [4.78, 5) is 1.94. The summed E-state index contributed by atoms with van der Waals surface area (Å²) in [5.74, 6) is 0.940. The molecule has 0 aliphatic rings. The van der Waals surface area contributed by atoms with Gasteiger partial charge in [-0.2, -0.15) is 5.26 Å². The number of hydrogen-bond donors (Lipinski definition) is 0. The third kappa shape index (κ3) is 3.52. The summed E-state index contributed by atoms with van der Waals surface area (Å²) in [6, 6.07) is 2.12. The Hall–Kier alpha value is -0.800. The highest BCUT2D eigenvalue weighted by molar-refractivity contribution is 8.01. The molecule has 1 aromatic rings. The summed E-state index contributed by atoms with van der Waals surface area (Å²) in [5.41, 5.74) is 0. The molecule has 1 rings (SSSR count). The molecule has 0 spiro atoms. The van der Waals surface area contributed by atoms with Gasteiger partial charge in [-0.1, -0.05) is 23.1 Å². The van der Waals surface area contributed by atoms with Crippen molar-refractivity contribution in [1.29, 1.82) is 5.26 Å². The van der Waals surface area contributed by atoms with Gasteiger partial charge in [-0.25, -0.2) is 0 Å². The van der Waals surface area contributed by atoms with Gasteiger partial charge in [0.25, 0.3) is 0 Å². The average molecular weight is 228 g/mol. The summed E-state index contributed by atoms with van der Waals surface area (Å²) in [5, 5.41) is 17.3. The van der Waals surface area contributed by atoms with Gasteiger partial charge in [0, 0.05) is 26.3 Å². The van der Waals surface area contributed by atoms with E-state index in [0.717, 1.165) is 21.6 Å². The molecule has 0 unspecified atom stereocenters. The maximum absolute atomic E-state index is 8.35. The Bertz CT molecular complexity index is 315. The van der Waals surface area contributed by atoms with Crippen LogP contribution in [0.1, 0.15) is 12.8 Å². The lowest BCUT2D eigenvalue weighted by Crippen LogP contribution is -2.07. The fourth-order valence-corrected chi connectivity index (χ4v) is 2.53. The summed E-state index contributed by atoms with van der Waals surface area (Å²) >= 11 is 3.25. The number of anilines is 1. The summed E-state index contributed by atoms with van der Waals surface area (Å²) in [7, 11) is 3.90. The molecule has 0 saturated heterocycles. The predicted octanol–water partition coefficient (Wildman–Crippen LogP) is 2.00. The van der Waals surface area contributed by atoms with E-state index in [9.17, 15) is 0 Å². The smallest absolute Gasteiger partial charge is 0.208 e. The minimum Gasteiger partial charge on any atom is -0.353 e. The monoisotopic (exact) mass is 228 g/mol. The second-order valence-corrected chi connectivity index (χ2v) is 5.15. The number of unbranched alkanes of at least 4 members (excludes halogenated alkanes) is 1. The van der Waals surface area contributed by atoms with E-state index in [-0.39, 0.29) is 0 Å². The zero-order valence-corrected chi connectivity index (χ0v) is 9.86. The van der Waals surface area contributed by atoms with Gasteiger partial charge in [-0.05, 0) is 6.42 Å². The van der Waals surface area contributed by atoms with Crippen LogP contribution in [0.2, 0.25) is 0 Å². The third-order valence-corrected chi connectivity index (χ3v) is 3.75. The number of thioether (sulfide) groups is 1. The van der Waals surface area contributed by atoms with Crippen LogP contribution in [-0.2, 0) is 0 Å². The van der Waals surface area contributed by atoms with Crippen LogP contribution in [0.3, 0.4) is 0 Å². The van der Waals surface area contributed by atoms with Crippen molar-refractivity contribution >= 4 is 28.2 Å². The third-order valence-electron chi connectivity index (χ3n) is 1.44. The molecule has 0 aliphatic carbocycles. The minimum absolute atomic E-state index is 0.617. The quantitative estimate of drug-likeness (QED) is 0.570. The average Bonchev–Trinajstić information content (AvgIpc) is 2.61. The first-order valence-electron chi connectivity index (χ1n) is 4.24. The van der Waals surface area contributed by atoms with Crippen LogP contribution in [0.5, 0.6) is 0 Å². The molecule has 4 nitrogen and oxygen atoms in total. The number of nitrogens with zero attached hydrogens (tertiary/aromatic N) is 4. The predicted molar refractivity (Wildman–Crippen MR) is 59.8 cm³/mol. The van der Waals surface area contributed by atoms with Gasteiger partial charge in [0.05, 0.1) is 6.07 Å². The molecule has 6 heteroatoms. The zero-order valence-electron chi connectivity index (χ0n) is 8.23. The Morgan fingerprint density at radius 1 is 1.50 bits per heavy atom. The molecule has 14 heavy (non-hydrogen) atoms. The number of hydrogen-bond acceptors (Lipinski definition) is 6. The van der Waals surface area contributed by atoms with E-state index in [1.807, 2.05) is 19.0 Å². The molecule has 0 N–H and O–H groups in total. The Kier molecular flexibility index (Phi) is 4.70. The molecule has 0 saturated carbocycles. The lowest BCUT2D eigenvalue weighted by atomic mass is 10.4. The molecular weight excluding hydrogens is 216 g/mol. The Labute approximate surface area is 91.9 Å². The molecule has 0 amide bonds. The minimum atomic E-state index is 0.617. The van der Waals surface area contributed by atoms with Crippen LogP contribution < -0.4 is 4.90 Å². The maximum atomic E-state index is 8.35. The fourth-order valence-electron chi connectivity index (χ4n) is 0.752. The molecule has 0 bridgehead atoms. The number of nitriles is 1. The van der Waals surface area contributed by atoms with E-state index in [4.69, 9.17) is 5.26 Å². The molecule has 76 valence electrons. The molecular formula is C8H12N4S2. The van der Waals surface area contributed by atoms with Crippen molar-refractivity contribution in [2.75, 3.05) is 24.7 Å². The topological polar surface area (TPSA) is 52.8 Å². The van der Waals surface area contributed by atoms with E-state index in [0.29, 0.717) is 6.42 Å². The summed E-state index contributed by atoms with van der Waals surface area (Å²) in [6.07, 6.45) is 1.53. The van der Waals surface area contributed by atoms with Crippen molar-refractivity contribution in [2.24, 2.45) is 0 Å². The van der Waals surface area contributed by atoms with E-state index in [1.165, 1.54) is 0 Å². The SMILES string of the molecule is CN(C)c1nnc(SCCCC#N)s1. The molecule has 0 atom stereocenters. The van der Waals surface area contributed by atoms with Crippen LogP contribution in [0, 0.1) is 11.3 Å². The van der Waals surface area contributed by atoms with E-state index < -0.39 is 0 Å². The van der Waals surface area contributed by atoms with Crippen molar-refractivity contribution in [3.63, 3.8) is 0 Å². The van der Waals surface area contributed by atoms with Crippen molar-refractivity contribution in [3.05, 3.63) is 0 Å². The standard InChI is InChI=1S/C8H12N4S2/c1-12(2)7-10-11-8(14-7)13-6-4-3-5-9/h3-4,6H2,1-2H3. The highest BCUT2D eigenvalue weighted by atomic mass is 32.2. The van der Waals surface area contributed by atoms with Crippen molar-refractivity contribution < 1.29 is 0 Å². The van der Waals surface area contributed by atoms with Crippen molar-refractivity contribution in [3.8, 4) is 6.07 Å². The Morgan fingerprint density at radius 2 is 2.29 bits per heavy atom. The second kappa shape index (κ2) is 5.83. The molecule has 0 aromatic carbocycles.